The predicted octanol–water partition coefficient (Wildman–Crippen LogP) is 5.42. The number of nitrogens with one attached hydrogen (secondary N) is 1. The lowest BCUT2D eigenvalue weighted by Crippen LogP contribution is -1.98. The number of carbonyl (C=O) groups excluding carboxylic acids is 1. The first kappa shape index (κ1) is 15.6. The van der Waals surface area contributed by atoms with E-state index in [1.165, 1.54) is 11.6 Å². The molecule has 0 radical (unpaired) electrons. The van der Waals surface area contributed by atoms with Gasteiger partial charge in [-0.2, -0.15) is 0 Å². The third-order valence-corrected chi connectivity index (χ3v) is 3.76. The van der Waals surface area contributed by atoms with Crippen LogP contribution in [-0.2, 0) is 0 Å². The molecule has 2 aromatic carbocycles. The summed E-state index contributed by atoms with van der Waals surface area (Å²) in [5, 5.41) is 4.09. The molecule has 1 N–H and O–H groups in total. The van der Waals surface area contributed by atoms with Crippen LogP contribution in [0.2, 0.25) is 10.0 Å². The molecule has 0 saturated carbocycles. The van der Waals surface area contributed by atoms with Gasteiger partial charge in [0.05, 0.1) is 10.7 Å². The van der Waals surface area contributed by atoms with Gasteiger partial charge in [0.25, 0.3) is 0 Å². The van der Waals surface area contributed by atoms with Crippen LogP contribution in [0.1, 0.15) is 21.5 Å². The van der Waals surface area contributed by atoms with E-state index in [9.17, 15) is 4.79 Å². The van der Waals surface area contributed by atoms with E-state index in [2.05, 4.69) is 5.32 Å². The maximum Gasteiger partial charge on any atom is 0.187 e. The molecule has 21 heavy (non-hydrogen) atoms. The highest BCUT2D eigenvalue weighted by Crippen LogP contribution is 2.25. The van der Waals surface area contributed by atoms with Gasteiger partial charge in [-0.25, -0.2) is 0 Å². The highest BCUT2D eigenvalue weighted by molar-refractivity contribution is 6.35. The summed E-state index contributed by atoms with van der Waals surface area (Å²) in [5.74, 6) is -0.0660. The Morgan fingerprint density at radius 2 is 1.81 bits per heavy atom. The number of halogens is 2. The average Bonchev–Trinajstić information content (AvgIpc) is 2.45. The van der Waals surface area contributed by atoms with Gasteiger partial charge < -0.3 is 5.32 Å². The Balaban J connectivity index is 2.08. The van der Waals surface area contributed by atoms with Crippen molar-refractivity contribution >= 4 is 34.7 Å². The summed E-state index contributed by atoms with van der Waals surface area (Å²) in [5.41, 5.74) is 3.58. The normalized spacial score (nSPS) is 10.9. The first-order valence-electron chi connectivity index (χ1n) is 6.47. The van der Waals surface area contributed by atoms with Gasteiger partial charge in [-0.15, -0.1) is 0 Å². The van der Waals surface area contributed by atoms with Gasteiger partial charge in [0.2, 0.25) is 0 Å². The summed E-state index contributed by atoms with van der Waals surface area (Å²) in [6, 6.07) is 10.8. The Labute approximate surface area is 134 Å². The number of allylic oxidation sites excluding steroid dienone is 1. The lowest BCUT2D eigenvalue weighted by molar-refractivity contribution is 0.104. The number of aryl methyl sites for hydroxylation is 2. The second-order valence-electron chi connectivity index (χ2n) is 4.77. The van der Waals surface area contributed by atoms with Gasteiger partial charge in [0.15, 0.2) is 5.78 Å². The van der Waals surface area contributed by atoms with Crippen molar-refractivity contribution in [3.63, 3.8) is 0 Å². The van der Waals surface area contributed by atoms with Crippen LogP contribution in [-0.4, -0.2) is 5.78 Å². The first-order chi connectivity index (χ1) is 9.97. The molecule has 0 heterocycles. The van der Waals surface area contributed by atoms with E-state index >= 15 is 0 Å². The molecule has 0 saturated heterocycles. The molecule has 0 atom stereocenters. The van der Waals surface area contributed by atoms with Crippen molar-refractivity contribution in [1.82, 2.24) is 0 Å². The summed E-state index contributed by atoms with van der Waals surface area (Å²) in [4.78, 5) is 12.1. The van der Waals surface area contributed by atoms with Crippen LogP contribution in [0.3, 0.4) is 0 Å². The van der Waals surface area contributed by atoms with Crippen molar-refractivity contribution in [3.8, 4) is 0 Å². The second-order valence-corrected chi connectivity index (χ2v) is 5.61. The molecule has 0 spiro atoms. The quantitative estimate of drug-likeness (QED) is 0.602. The van der Waals surface area contributed by atoms with Crippen LogP contribution in [0, 0.1) is 13.8 Å². The summed E-state index contributed by atoms with van der Waals surface area (Å²) in [6.07, 6.45) is 3.04. The molecule has 0 aliphatic rings. The Morgan fingerprint density at radius 1 is 1.05 bits per heavy atom. The lowest BCUT2D eigenvalue weighted by Gasteiger charge is -2.04. The van der Waals surface area contributed by atoms with Crippen molar-refractivity contribution in [3.05, 3.63) is 75.4 Å². The van der Waals surface area contributed by atoms with E-state index in [1.54, 1.807) is 24.4 Å². The fraction of sp³-hybridized carbons (Fsp3) is 0.118. The molecule has 0 amide bonds. The third-order valence-electron chi connectivity index (χ3n) is 3.19. The molecule has 2 nitrogen and oxygen atoms in total. The number of anilines is 1. The molecular formula is C17H15Cl2NO. The van der Waals surface area contributed by atoms with Crippen molar-refractivity contribution in [1.29, 1.82) is 0 Å². The Morgan fingerprint density at radius 3 is 2.52 bits per heavy atom. The van der Waals surface area contributed by atoms with Gasteiger partial charge in [0.1, 0.15) is 0 Å². The summed E-state index contributed by atoms with van der Waals surface area (Å²) in [7, 11) is 0. The molecule has 0 bridgehead atoms. The fourth-order valence-corrected chi connectivity index (χ4v) is 2.15. The van der Waals surface area contributed by atoms with Crippen molar-refractivity contribution in [2.24, 2.45) is 0 Å². The van der Waals surface area contributed by atoms with Crippen LogP contribution in [0.15, 0.2) is 48.7 Å². The van der Waals surface area contributed by atoms with Crippen molar-refractivity contribution in [2.75, 3.05) is 5.32 Å². The number of hydrogen-bond donors (Lipinski definition) is 1. The van der Waals surface area contributed by atoms with E-state index in [0.717, 1.165) is 5.56 Å². The Hall–Kier alpha value is -1.77. The zero-order valence-corrected chi connectivity index (χ0v) is 13.3. The summed E-state index contributed by atoms with van der Waals surface area (Å²) in [6.45, 7) is 4.00. The molecule has 0 aromatic heterocycles. The molecular weight excluding hydrogens is 305 g/mol. The van der Waals surface area contributed by atoms with Crippen LogP contribution in [0.5, 0.6) is 0 Å². The van der Waals surface area contributed by atoms with Crippen LogP contribution in [0.4, 0.5) is 5.69 Å². The SMILES string of the molecule is Cc1ccc(C(=O)C=CNc2cc(Cl)ccc2Cl)cc1C. The van der Waals surface area contributed by atoms with Crippen LogP contribution >= 0.6 is 23.2 Å². The molecule has 2 aromatic rings. The van der Waals surface area contributed by atoms with E-state index in [4.69, 9.17) is 23.2 Å². The summed E-state index contributed by atoms with van der Waals surface area (Å²) < 4.78 is 0. The minimum absolute atomic E-state index is 0.0660. The van der Waals surface area contributed by atoms with Gasteiger partial charge in [0, 0.05) is 22.9 Å². The standard InChI is InChI=1S/C17H15Cl2NO/c1-11-3-4-13(9-12(11)2)17(21)7-8-20-16-10-14(18)5-6-15(16)19/h3-10,20H,1-2H3. The molecule has 0 aliphatic carbocycles. The predicted molar refractivity (Wildman–Crippen MR) is 89.5 cm³/mol. The maximum absolute atomic E-state index is 12.1. The van der Waals surface area contributed by atoms with Crippen molar-refractivity contribution in [2.45, 2.75) is 13.8 Å². The molecule has 0 unspecified atom stereocenters. The summed E-state index contributed by atoms with van der Waals surface area (Å²) >= 11 is 11.9. The van der Waals surface area contributed by atoms with E-state index in [-0.39, 0.29) is 5.78 Å². The van der Waals surface area contributed by atoms with E-state index in [0.29, 0.717) is 21.3 Å². The van der Waals surface area contributed by atoms with E-state index < -0.39 is 0 Å². The Kier molecular flexibility index (Phi) is 5.05. The van der Waals surface area contributed by atoms with E-state index in [1.807, 2.05) is 32.0 Å². The smallest absolute Gasteiger partial charge is 0.187 e. The average molecular weight is 320 g/mol. The number of ketones is 1. The zero-order chi connectivity index (χ0) is 15.4. The Bertz CT molecular complexity index is 708. The first-order valence-corrected chi connectivity index (χ1v) is 7.22. The zero-order valence-electron chi connectivity index (χ0n) is 11.8. The second kappa shape index (κ2) is 6.79. The number of carbonyl (C=O) groups is 1. The molecule has 0 aliphatic heterocycles. The highest BCUT2D eigenvalue weighted by Gasteiger charge is 2.03. The monoisotopic (exact) mass is 319 g/mol. The maximum atomic E-state index is 12.1. The third kappa shape index (κ3) is 4.10. The van der Waals surface area contributed by atoms with Crippen molar-refractivity contribution < 1.29 is 4.79 Å². The molecule has 108 valence electrons. The number of hydrogen-bond acceptors (Lipinski definition) is 2. The molecule has 4 heteroatoms. The van der Waals surface area contributed by atoms with Crippen LogP contribution < -0.4 is 5.32 Å². The van der Waals surface area contributed by atoms with Crippen LogP contribution in [0.25, 0.3) is 0 Å². The topological polar surface area (TPSA) is 29.1 Å². The van der Waals surface area contributed by atoms with Gasteiger partial charge in [-0.1, -0.05) is 35.3 Å². The lowest BCUT2D eigenvalue weighted by atomic mass is 10.0. The molecule has 2 rings (SSSR count). The molecule has 0 fully saturated rings. The largest absolute Gasteiger partial charge is 0.360 e. The fourth-order valence-electron chi connectivity index (χ4n) is 1.81. The highest BCUT2D eigenvalue weighted by atomic mass is 35.5. The van der Waals surface area contributed by atoms with Gasteiger partial charge in [-0.3, -0.25) is 4.79 Å². The number of benzene rings is 2. The van der Waals surface area contributed by atoms with Gasteiger partial charge in [-0.05, 0) is 49.2 Å². The number of rotatable bonds is 4. The minimum atomic E-state index is -0.0660. The minimum Gasteiger partial charge on any atom is -0.360 e. The van der Waals surface area contributed by atoms with Gasteiger partial charge >= 0.3 is 0 Å².